The first-order valence-electron chi connectivity index (χ1n) is 3.55. The van der Waals surface area contributed by atoms with Gasteiger partial charge in [0.1, 0.15) is 0 Å². The number of aliphatic hydroxyl groups is 1. The molecule has 60 valence electrons. The van der Waals surface area contributed by atoms with Crippen LogP contribution < -0.4 is 0 Å². The average molecular weight is 155 g/mol. The summed E-state index contributed by atoms with van der Waals surface area (Å²) in [4.78, 5) is 3.48. The Hall–Kier alpha value is -0.960. The normalized spacial score (nSPS) is 10.0. The molecule has 0 aliphatic carbocycles. The van der Waals surface area contributed by atoms with Crippen molar-refractivity contribution in [2.24, 2.45) is 0 Å². The molecular weight excluding hydrogens is 145 g/mol. The van der Waals surface area contributed by atoms with Crippen molar-refractivity contribution in [3.63, 3.8) is 0 Å². The van der Waals surface area contributed by atoms with E-state index >= 15 is 0 Å². The average Bonchev–Trinajstić information content (AvgIpc) is 2.03. The molecule has 1 heterocycles. The van der Waals surface area contributed by atoms with Crippen LogP contribution in [0.4, 0.5) is 4.39 Å². The number of aromatic nitrogens is 1. The summed E-state index contributed by atoms with van der Waals surface area (Å²) in [5.74, 6) is -0.430. The molecule has 0 unspecified atom stereocenters. The molecule has 0 bridgehead atoms. The van der Waals surface area contributed by atoms with Crippen LogP contribution in [0, 0.1) is 5.95 Å². The summed E-state index contributed by atoms with van der Waals surface area (Å²) in [6.07, 6.45) is 2.55. The minimum absolute atomic E-state index is 0.0916. The maximum atomic E-state index is 12.7. The highest BCUT2D eigenvalue weighted by Gasteiger charge is 1.99. The number of hydrogen-bond donors (Lipinski definition) is 1. The van der Waals surface area contributed by atoms with Crippen LogP contribution in [0.3, 0.4) is 0 Å². The maximum absolute atomic E-state index is 12.7. The molecular formula is C8H10FNO. The molecule has 2 nitrogen and oxygen atoms in total. The number of rotatable bonds is 3. The van der Waals surface area contributed by atoms with Gasteiger partial charge in [0.2, 0.25) is 5.95 Å². The number of nitrogens with zero attached hydrogens (tertiary/aromatic N) is 1. The molecule has 0 spiro atoms. The van der Waals surface area contributed by atoms with Crippen LogP contribution in [0.5, 0.6) is 0 Å². The molecule has 0 aliphatic heterocycles. The second-order valence-corrected chi connectivity index (χ2v) is 2.28. The Kier molecular flexibility index (Phi) is 2.98. The smallest absolute Gasteiger partial charge is 0.216 e. The summed E-state index contributed by atoms with van der Waals surface area (Å²) >= 11 is 0. The second-order valence-electron chi connectivity index (χ2n) is 2.28. The largest absolute Gasteiger partial charge is 0.396 e. The fourth-order valence-electron chi connectivity index (χ4n) is 0.875. The SMILES string of the molecule is OCCCc1cccnc1F. The molecule has 11 heavy (non-hydrogen) atoms. The van der Waals surface area contributed by atoms with Crippen LogP contribution in [0.1, 0.15) is 12.0 Å². The molecule has 0 radical (unpaired) electrons. The molecule has 3 heteroatoms. The lowest BCUT2D eigenvalue weighted by Crippen LogP contribution is -1.94. The number of halogens is 1. The Morgan fingerprint density at radius 2 is 2.36 bits per heavy atom. The van der Waals surface area contributed by atoms with Gasteiger partial charge in [0.05, 0.1) is 0 Å². The highest BCUT2D eigenvalue weighted by Crippen LogP contribution is 2.05. The van der Waals surface area contributed by atoms with Gasteiger partial charge in [-0.1, -0.05) is 6.07 Å². The van der Waals surface area contributed by atoms with Crippen LogP contribution in [0.2, 0.25) is 0 Å². The number of pyridine rings is 1. The molecule has 1 rings (SSSR count). The van der Waals surface area contributed by atoms with E-state index in [1.165, 1.54) is 6.20 Å². The van der Waals surface area contributed by atoms with E-state index in [4.69, 9.17) is 5.11 Å². The first kappa shape index (κ1) is 8.14. The first-order chi connectivity index (χ1) is 5.34. The molecule has 0 aromatic carbocycles. The Labute approximate surface area is 64.7 Å². The van der Waals surface area contributed by atoms with Crippen LogP contribution in [0.15, 0.2) is 18.3 Å². The fourth-order valence-corrected chi connectivity index (χ4v) is 0.875. The predicted octanol–water partition coefficient (Wildman–Crippen LogP) is 1.15. The number of aliphatic hydroxyl groups excluding tert-OH is 1. The van der Waals surface area contributed by atoms with E-state index in [0.717, 1.165) is 0 Å². The van der Waals surface area contributed by atoms with E-state index in [0.29, 0.717) is 18.4 Å². The van der Waals surface area contributed by atoms with E-state index in [-0.39, 0.29) is 6.61 Å². The molecule has 0 saturated carbocycles. The second kappa shape index (κ2) is 4.03. The Morgan fingerprint density at radius 1 is 1.55 bits per heavy atom. The van der Waals surface area contributed by atoms with Crippen molar-refractivity contribution in [1.29, 1.82) is 0 Å². The maximum Gasteiger partial charge on any atom is 0.216 e. The lowest BCUT2D eigenvalue weighted by molar-refractivity contribution is 0.288. The van der Waals surface area contributed by atoms with Crippen LogP contribution in [0.25, 0.3) is 0 Å². The molecule has 0 aliphatic rings. The topological polar surface area (TPSA) is 33.1 Å². The van der Waals surface area contributed by atoms with Crippen LogP contribution >= 0.6 is 0 Å². The molecule has 0 saturated heterocycles. The lowest BCUT2D eigenvalue weighted by Gasteiger charge is -1.98. The van der Waals surface area contributed by atoms with Crippen molar-refractivity contribution in [3.8, 4) is 0 Å². The van der Waals surface area contributed by atoms with Gasteiger partial charge < -0.3 is 5.11 Å². The molecule has 1 N–H and O–H groups in total. The zero-order valence-electron chi connectivity index (χ0n) is 6.13. The highest BCUT2D eigenvalue weighted by molar-refractivity contribution is 5.10. The molecule has 1 aromatic rings. The van der Waals surface area contributed by atoms with E-state index in [1.807, 2.05) is 0 Å². The van der Waals surface area contributed by atoms with Crippen molar-refractivity contribution >= 4 is 0 Å². The van der Waals surface area contributed by atoms with Crippen molar-refractivity contribution in [3.05, 3.63) is 29.8 Å². The zero-order valence-corrected chi connectivity index (χ0v) is 6.13. The third-order valence-corrected chi connectivity index (χ3v) is 1.44. The van der Waals surface area contributed by atoms with E-state index < -0.39 is 5.95 Å². The van der Waals surface area contributed by atoms with Gasteiger partial charge in [-0.15, -0.1) is 0 Å². The zero-order chi connectivity index (χ0) is 8.10. The Bertz CT molecular complexity index is 227. The molecule has 1 aromatic heterocycles. The summed E-state index contributed by atoms with van der Waals surface area (Å²) in [7, 11) is 0. The fraction of sp³-hybridized carbons (Fsp3) is 0.375. The standard InChI is InChI=1S/C8H10FNO/c9-8-7(4-2-6-11)3-1-5-10-8/h1,3,5,11H,2,4,6H2. The van der Waals surface area contributed by atoms with Crippen molar-refractivity contribution < 1.29 is 9.50 Å². The Balaban J connectivity index is 2.62. The summed E-state index contributed by atoms with van der Waals surface area (Å²) in [6.45, 7) is 0.0916. The molecule has 0 atom stereocenters. The lowest BCUT2D eigenvalue weighted by atomic mass is 10.2. The van der Waals surface area contributed by atoms with E-state index in [9.17, 15) is 4.39 Å². The van der Waals surface area contributed by atoms with Crippen molar-refractivity contribution in [1.82, 2.24) is 4.98 Å². The summed E-state index contributed by atoms with van der Waals surface area (Å²) < 4.78 is 12.7. The quantitative estimate of drug-likeness (QED) is 0.664. The number of aryl methyl sites for hydroxylation is 1. The summed E-state index contributed by atoms with van der Waals surface area (Å²) in [6, 6.07) is 3.37. The van der Waals surface area contributed by atoms with E-state index in [1.54, 1.807) is 12.1 Å². The van der Waals surface area contributed by atoms with Gasteiger partial charge in [0.25, 0.3) is 0 Å². The summed E-state index contributed by atoms with van der Waals surface area (Å²) in [5, 5.41) is 8.48. The number of hydrogen-bond acceptors (Lipinski definition) is 2. The Morgan fingerprint density at radius 3 is 3.00 bits per heavy atom. The van der Waals surface area contributed by atoms with Gasteiger partial charge in [-0.3, -0.25) is 0 Å². The van der Waals surface area contributed by atoms with Gasteiger partial charge in [-0.2, -0.15) is 4.39 Å². The van der Waals surface area contributed by atoms with E-state index in [2.05, 4.69) is 4.98 Å². The van der Waals surface area contributed by atoms with Crippen LogP contribution in [-0.2, 0) is 6.42 Å². The molecule has 0 fully saturated rings. The van der Waals surface area contributed by atoms with Gasteiger partial charge in [-0.05, 0) is 18.9 Å². The minimum atomic E-state index is -0.430. The van der Waals surface area contributed by atoms with Crippen LogP contribution in [-0.4, -0.2) is 16.7 Å². The van der Waals surface area contributed by atoms with Crippen molar-refractivity contribution in [2.45, 2.75) is 12.8 Å². The highest BCUT2D eigenvalue weighted by atomic mass is 19.1. The minimum Gasteiger partial charge on any atom is -0.396 e. The first-order valence-corrected chi connectivity index (χ1v) is 3.55. The third kappa shape index (κ3) is 2.27. The third-order valence-electron chi connectivity index (χ3n) is 1.44. The van der Waals surface area contributed by atoms with Gasteiger partial charge in [0.15, 0.2) is 0 Å². The molecule has 0 amide bonds. The van der Waals surface area contributed by atoms with Gasteiger partial charge in [0, 0.05) is 18.4 Å². The summed E-state index contributed by atoms with van der Waals surface area (Å²) in [5.41, 5.74) is 0.571. The van der Waals surface area contributed by atoms with Crippen molar-refractivity contribution in [2.75, 3.05) is 6.61 Å². The van der Waals surface area contributed by atoms with Gasteiger partial charge in [-0.25, -0.2) is 4.98 Å². The predicted molar refractivity (Wildman–Crippen MR) is 39.6 cm³/mol. The van der Waals surface area contributed by atoms with Gasteiger partial charge >= 0.3 is 0 Å². The monoisotopic (exact) mass is 155 g/mol.